The highest BCUT2D eigenvalue weighted by atomic mass is 16.4. The van der Waals surface area contributed by atoms with Gasteiger partial charge in [0.15, 0.2) is 0 Å². The molecule has 0 heterocycles. The summed E-state index contributed by atoms with van der Waals surface area (Å²) in [6, 6.07) is 21.7. The van der Waals surface area contributed by atoms with E-state index in [1.807, 2.05) is 55.5 Å². The Balaban J connectivity index is 1.73. The fourth-order valence-electron chi connectivity index (χ4n) is 2.47. The molecule has 27 heavy (non-hydrogen) atoms. The lowest BCUT2D eigenvalue weighted by Gasteiger charge is -2.02. The van der Waals surface area contributed by atoms with Gasteiger partial charge in [-0.25, -0.2) is 4.79 Å². The lowest BCUT2D eigenvalue weighted by Crippen LogP contribution is -1.94. The maximum atomic E-state index is 10.8. The van der Waals surface area contributed by atoms with Gasteiger partial charge in [-0.3, -0.25) is 0 Å². The first-order valence-electron chi connectivity index (χ1n) is 8.44. The van der Waals surface area contributed by atoms with Gasteiger partial charge in [0.25, 0.3) is 0 Å². The summed E-state index contributed by atoms with van der Waals surface area (Å²) in [5, 5.41) is 19.2. The molecule has 0 amide bonds. The standard InChI is InChI=1S/C24H18O3/c1-17-2-4-20(5-3-17)16-23(25)21-12-8-18(9-13-21)6-7-19-10-14-22(15-11-19)24(26)27/h2-5,8-16,25H,1H3,(H,26,27)/b23-16-. The van der Waals surface area contributed by atoms with Crippen molar-refractivity contribution in [2.45, 2.75) is 6.92 Å². The molecule has 0 aliphatic carbocycles. The third-order valence-corrected chi connectivity index (χ3v) is 4.04. The first-order valence-corrected chi connectivity index (χ1v) is 8.44. The zero-order chi connectivity index (χ0) is 19.2. The highest BCUT2D eigenvalue weighted by Crippen LogP contribution is 2.17. The lowest BCUT2D eigenvalue weighted by molar-refractivity contribution is 0.0697. The summed E-state index contributed by atoms with van der Waals surface area (Å²) >= 11 is 0. The zero-order valence-corrected chi connectivity index (χ0v) is 14.8. The van der Waals surface area contributed by atoms with Gasteiger partial charge in [-0.1, -0.05) is 53.8 Å². The van der Waals surface area contributed by atoms with Crippen LogP contribution in [0.15, 0.2) is 72.8 Å². The summed E-state index contributed by atoms with van der Waals surface area (Å²) in [5.74, 6) is 5.28. The third-order valence-electron chi connectivity index (χ3n) is 4.04. The van der Waals surface area contributed by atoms with E-state index in [1.54, 1.807) is 18.2 Å². The molecule has 0 saturated carbocycles. The number of rotatable bonds is 3. The molecule has 0 fully saturated rings. The average Bonchev–Trinajstić information content (AvgIpc) is 2.69. The Kier molecular flexibility index (Phi) is 5.39. The maximum absolute atomic E-state index is 10.8. The first-order chi connectivity index (χ1) is 13.0. The number of hydrogen-bond donors (Lipinski definition) is 2. The largest absolute Gasteiger partial charge is 0.507 e. The highest BCUT2D eigenvalue weighted by Gasteiger charge is 2.01. The lowest BCUT2D eigenvalue weighted by atomic mass is 10.1. The Bertz CT molecular complexity index is 1030. The van der Waals surface area contributed by atoms with Gasteiger partial charge < -0.3 is 10.2 Å². The van der Waals surface area contributed by atoms with Crippen LogP contribution >= 0.6 is 0 Å². The molecule has 0 spiro atoms. The summed E-state index contributed by atoms with van der Waals surface area (Å²) in [6.45, 7) is 2.02. The Morgan fingerprint density at radius 1 is 0.741 bits per heavy atom. The van der Waals surface area contributed by atoms with Gasteiger partial charge in [0.2, 0.25) is 0 Å². The van der Waals surface area contributed by atoms with Crippen molar-refractivity contribution in [1.29, 1.82) is 0 Å². The molecule has 3 aromatic rings. The molecule has 132 valence electrons. The van der Waals surface area contributed by atoms with Gasteiger partial charge in [0.05, 0.1) is 5.56 Å². The van der Waals surface area contributed by atoms with E-state index in [4.69, 9.17) is 5.11 Å². The molecule has 3 aromatic carbocycles. The average molecular weight is 354 g/mol. The minimum Gasteiger partial charge on any atom is -0.507 e. The predicted octanol–water partition coefficient (Wildman–Crippen LogP) is 5.15. The first kappa shape index (κ1) is 18.0. The van der Waals surface area contributed by atoms with E-state index in [0.29, 0.717) is 5.56 Å². The van der Waals surface area contributed by atoms with Crippen LogP contribution in [-0.2, 0) is 0 Å². The van der Waals surface area contributed by atoms with Gasteiger partial charge in [0, 0.05) is 16.7 Å². The van der Waals surface area contributed by atoms with Gasteiger partial charge in [-0.2, -0.15) is 0 Å². The monoisotopic (exact) mass is 354 g/mol. The minimum atomic E-state index is -0.955. The SMILES string of the molecule is Cc1ccc(/C=C(\O)c2ccc(C#Cc3ccc(C(=O)O)cc3)cc2)cc1. The Morgan fingerprint density at radius 2 is 1.22 bits per heavy atom. The summed E-state index contributed by atoms with van der Waals surface area (Å²) in [4.78, 5) is 10.8. The molecule has 0 atom stereocenters. The van der Waals surface area contributed by atoms with Crippen LogP contribution in [0.2, 0.25) is 0 Å². The molecule has 3 rings (SSSR count). The van der Waals surface area contributed by atoms with Gasteiger partial charge in [-0.05, 0) is 55.0 Å². The van der Waals surface area contributed by atoms with Crippen molar-refractivity contribution in [1.82, 2.24) is 0 Å². The van der Waals surface area contributed by atoms with E-state index in [2.05, 4.69) is 11.8 Å². The van der Waals surface area contributed by atoms with Crippen LogP contribution in [0, 0.1) is 18.8 Å². The quantitative estimate of drug-likeness (QED) is 0.388. The fourth-order valence-corrected chi connectivity index (χ4v) is 2.47. The van der Waals surface area contributed by atoms with Crippen LogP contribution in [0.1, 0.15) is 38.2 Å². The zero-order valence-electron chi connectivity index (χ0n) is 14.8. The van der Waals surface area contributed by atoms with E-state index < -0.39 is 5.97 Å². The van der Waals surface area contributed by atoms with Crippen molar-refractivity contribution < 1.29 is 15.0 Å². The number of carboxylic acid groups (broad SMARTS) is 1. The number of aliphatic hydroxyl groups is 1. The summed E-state index contributed by atoms with van der Waals surface area (Å²) in [6.07, 6.45) is 1.73. The molecule has 0 unspecified atom stereocenters. The van der Waals surface area contributed by atoms with Crippen LogP contribution in [0.3, 0.4) is 0 Å². The molecule has 3 nitrogen and oxygen atoms in total. The van der Waals surface area contributed by atoms with Crippen molar-refractivity contribution in [3.8, 4) is 11.8 Å². The van der Waals surface area contributed by atoms with E-state index in [0.717, 1.165) is 16.7 Å². The van der Waals surface area contributed by atoms with Crippen LogP contribution in [0.25, 0.3) is 11.8 Å². The molecule has 3 heteroatoms. The number of carboxylic acids is 1. The molecule has 0 aromatic heterocycles. The Hall–Kier alpha value is -3.77. The molecule has 0 aliphatic rings. The molecule has 0 aliphatic heterocycles. The van der Waals surface area contributed by atoms with E-state index >= 15 is 0 Å². The second kappa shape index (κ2) is 8.07. The predicted molar refractivity (Wildman–Crippen MR) is 108 cm³/mol. The van der Waals surface area contributed by atoms with E-state index in [9.17, 15) is 9.90 Å². The van der Waals surface area contributed by atoms with Crippen molar-refractivity contribution in [2.75, 3.05) is 0 Å². The maximum Gasteiger partial charge on any atom is 0.335 e. The summed E-state index contributed by atoms with van der Waals surface area (Å²) in [7, 11) is 0. The van der Waals surface area contributed by atoms with Crippen molar-refractivity contribution >= 4 is 17.8 Å². The van der Waals surface area contributed by atoms with Crippen molar-refractivity contribution in [2.24, 2.45) is 0 Å². The highest BCUT2D eigenvalue weighted by molar-refractivity contribution is 5.87. The topological polar surface area (TPSA) is 57.5 Å². The van der Waals surface area contributed by atoms with E-state index in [1.165, 1.54) is 17.7 Å². The van der Waals surface area contributed by atoms with E-state index in [-0.39, 0.29) is 11.3 Å². The number of benzene rings is 3. The van der Waals surface area contributed by atoms with Crippen LogP contribution in [-0.4, -0.2) is 16.2 Å². The molecule has 0 radical (unpaired) electrons. The van der Waals surface area contributed by atoms with Crippen LogP contribution in [0.4, 0.5) is 0 Å². The smallest absolute Gasteiger partial charge is 0.335 e. The number of aryl methyl sites for hydroxylation is 1. The van der Waals surface area contributed by atoms with Gasteiger partial charge >= 0.3 is 5.97 Å². The Morgan fingerprint density at radius 3 is 1.70 bits per heavy atom. The van der Waals surface area contributed by atoms with Crippen LogP contribution < -0.4 is 0 Å². The minimum absolute atomic E-state index is 0.197. The number of carbonyl (C=O) groups is 1. The molecular weight excluding hydrogens is 336 g/mol. The van der Waals surface area contributed by atoms with Crippen LogP contribution in [0.5, 0.6) is 0 Å². The third kappa shape index (κ3) is 4.87. The number of hydrogen-bond acceptors (Lipinski definition) is 2. The second-order valence-corrected chi connectivity index (χ2v) is 6.15. The summed E-state index contributed by atoms with van der Waals surface area (Å²) in [5.41, 5.74) is 4.61. The van der Waals surface area contributed by atoms with Crippen molar-refractivity contribution in [3.63, 3.8) is 0 Å². The van der Waals surface area contributed by atoms with Crippen molar-refractivity contribution in [3.05, 3.63) is 106 Å². The molecule has 2 N–H and O–H groups in total. The fraction of sp³-hybridized carbons (Fsp3) is 0.0417. The molecule has 0 saturated heterocycles. The molecular formula is C24H18O3. The number of aliphatic hydroxyl groups excluding tert-OH is 1. The van der Waals surface area contributed by atoms with Gasteiger partial charge in [0.1, 0.15) is 5.76 Å². The second-order valence-electron chi connectivity index (χ2n) is 6.15. The Labute approximate surface area is 158 Å². The number of aromatic carboxylic acids is 1. The normalized spacial score (nSPS) is 10.8. The van der Waals surface area contributed by atoms with Gasteiger partial charge in [-0.15, -0.1) is 0 Å². The molecule has 0 bridgehead atoms. The summed E-state index contributed by atoms with van der Waals surface area (Å²) < 4.78 is 0.